The third kappa shape index (κ3) is 7.53. The number of nitrogens with zero attached hydrogens (tertiary/aromatic N) is 1. The summed E-state index contributed by atoms with van der Waals surface area (Å²) in [6.07, 6.45) is -0.589. The van der Waals surface area contributed by atoms with Crippen molar-refractivity contribution in [1.82, 2.24) is 4.90 Å². The molecule has 12 heavy (non-hydrogen) atoms. The molecule has 0 heterocycles. The summed E-state index contributed by atoms with van der Waals surface area (Å²) in [7, 11) is 0. The first-order valence-corrected chi connectivity index (χ1v) is 6.06. The summed E-state index contributed by atoms with van der Waals surface area (Å²) in [5.74, 6) is 0. The molecule has 0 aliphatic carbocycles. The van der Waals surface area contributed by atoms with Crippen molar-refractivity contribution < 1.29 is 10.2 Å². The number of aliphatic hydroxyl groups is 2. The van der Waals surface area contributed by atoms with Crippen molar-refractivity contribution in [2.75, 3.05) is 19.6 Å². The van der Waals surface area contributed by atoms with E-state index in [1.807, 2.05) is 0 Å². The van der Waals surface area contributed by atoms with E-state index in [0.29, 0.717) is 13.1 Å². The molecule has 2 unspecified atom stereocenters. The molecule has 0 aromatic heterocycles. The second-order valence-corrected chi connectivity index (χ2v) is 4.46. The molecular formula is C8H18NNaO2. The Balaban J connectivity index is 3.69. The van der Waals surface area contributed by atoms with Gasteiger partial charge in [0.05, 0.1) is 0 Å². The summed E-state index contributed by atoms with van der Waals surface area (Å²) in [5, 5.41) is 18.3. The van der Waals surface area contributed by atoms with E-state index in [9.17, 15) is 0 Å². The van der Waals surface area contributed by atoms with Crippen LogP contribution in [0.15, 0.2) is 0 Å². The van der Waals surface area contributed by atoms with Gasteiger partial charge in [-0.25, -0.2) is 0 Å². The van der Waals surface area contributed by atoms with Gasteiger partial charge in [0.15, 0.2) is 0 Å². The molecule has 4 heteroatoms. The van der Waals surface area contributed by atoms with E-state index >= 15 is 0 Å². The third-order valence-corrected chi connectivity index (χ3v) is 2.03. The normalized spacial score (nSPS) is 16.6. The quantitative estimate of drug-likeness (QED) is 0.552. The maximum atomic E-state index is 9.15. The summed E-state index contributed by atoms with van der Waals surface area (Å²) in [6, 6.07) is 0. The molecule has 0 rings (SSSR count). The van der Waals surface area contributed by atoms with E-state index in [1.165, 1.54) is 31.6 Å². The van der Waals surface area contributed by atoms with Crippen LogP contribution in [0.4, 0.5) is 0 Å². The van der Waals surface area contributed by atoms with Gasteiger partial charge in [-0.15, -0.1) is 0 Å². The van der Waals surface area contributed by atoms with Crippen molar-refractivity contribution in [3.8, 4) is 0 Å². The van der Waals surface area contributed by atoms with Crippen LogP contribution < -0.4 is 0 Å². The molecule has 0 bridgehead atoms. The zero-order valence-electron chi connectivity index (χ0n) is 8.32. The van der Waals surface area contributed by atoms with Crippen molar-refractivity contribution >= 4 is 27.9 Å². The molecule has 0 amide bonds. The van der Waals surface area contributed by atoms with E-state index in [4.69, 9.17) is 10.2 Å². The number of hydrogen-bond acceptors (Lipinski definition) is 3. The predicted molar refractivity (Wildman–Crippen MR) is 50.4 cm³/mol. The van der Waals surface area contributed by atoms with Crippen molar-refractivity contribution in [1.29, 1.82) is 0 Å². The predicted octanol–water partition coefficient (Wildman–Crippen LogP) is -0.363. The SMILES string of the molecule is CC(O)CN(C[CH2][Na])CC(C)O. The monoisotopic (exact) mass is 183 g/mol. The van der Waals surface area contributed by atoms with Crippen LogP contribution in [0.1, 0.15) is 13.8 Å². The zero-order chi connectivity index (χ0) is 9.56. The first-order chi connectivity index (χ1) is 5.56. The molecule has 0 saturated heterocycles. The molecule has 0 aromatic rings. The molecule has 2 atom stereocenters. The van der Waals surface area contributed by atoms with Crippen molar-refractivity contribution in [2.24, 2.45) is 0 Å². The summed E-state index contributed by atoms with van der Waals surface area (Å²) in [4.78, 5) is 2.11. The van der Waals surface area contributed by atoms with Crippen LogP contribution in [0.2, 0.25) is 3.67 Å². The van der Waals surface area contributed by atoms with Crippen molar-refractivity contribution in [3.63, 3.8) is 0 Å². The van der Waals surface area contributed by atoms with Crippen LogP contribution in [-0.4, -0.2) is 74.9 Å². The second kappa shape index (κ2) is 7.30. The van der Waals surface area contributed by atoms with Crippen molar-refractivity contribution in [3.05, 3.63) is 0 Å². The van der Waals surface area contributed by atoms with E-state index in [-0.39, 0.29) is 12.2 Å². The fourth-order valence-electron chi connectivity index (χ4n) is 1.32. The molecule has 0 radical (unpaired) electrons. The van der Waals surface area contributed by atoms with Gasteiger partial charge in [0.25, 0.3) is 0 Å². The van der Waals surface area contributed by atoms with Crippen molar-refractivity contribution in [2.45, 2.75) is 29.7 Å². The summed E-state index contributed by atoms with van der Waals surface area (Å²) >= 11 is 1.18. The minimum atomic E-state index is -0.294. The van der Waals surface area contributed by atoms with Gasteiger partial charge in [-0.05, 0) is 0 Å². The van der Waals surface area contributed by atoms with E-state index < -0.39 is 0 Å². The zero-order valence-corrected chi connectivity index (χ0v) is 10.3. The Morgan fingerprint density at radius 1 is 1.17 bits per heavy atom. The molecule has 0 fully saturated rings. The molecule has 0 spiro atoms. The van der Waals surface area contributed by atoms with Crippen LogP contribution in [0.25, 0.3) is 0 Å². The van der Waals surface area contributed by atoms with Gasteiger partial charge in [0.1, 0.15) is 0 Å². The van der Waals surface area contributed by atoms with Gasteiger partial charge in [0.2, 0.25) is 0 Å². The molecular weight excluding hydrogens is 165 g/mol. The van der Waals surface area contributed by atoms with Crippen LogP contribution in [0.5, 0.6) is 0 Å². The molecule has 2 N–H and O–H groups in total. The molecule has 3 nitrogen and oxygen atoms in total. The Morgan fingerprint density at radius 3 is 1.83 bits per heavy atom. The van der Waals surface area contributed by atoms with Gasteiger partial charge in [-0.2, -0.15) is 0 Å². The maximum absolute atomic E-state index is 9.15. The van der Waals surface area contributed by atoms with E-state index in [0.717, 1.165) is 6.54 Å². The van der Waals surface area contributed by atoms with E-state index in [1.54, 1.807) is 13.8 Å². The van der Waals surface area contributed by atoms with Crippen LogP contribution in [0, 0.1) is 0 Å². The molecule has 0 saturated carbocycles. The molecule has 0 aliphatic rings. The number of hydrogen-bond donors (Lipinski definition) is 2. The Bertz CT molecular complexity index is 99.2. The minimum absolute atomic E-state index is 0.294. The molecule has 0 aliphatic heterocycles. The number of rotatable bonds is 6. The van der Waals surface area contributed by atoms with Gasteiger partial charge in [-0.3, -0.25) is 0 Å². The average Bonchev–Trinajstić information content (AvgIpc) is 1.84. The van der Waals surface area contributed by atoms with E-state index in [2.05, 4.69) is 4.90 Å². The van der Waals surface area contributed by atoms with Gasteiger partial charge in [-0.1, -0.05) is 0 Å². The van der Waals surface area contributed by atoms with Gasteiger partial charge in [0, 0.05) is 0 Å². The Labute approximate surface area is 92.2 Å². The molecule has 0 aromatic carbocycles. The van der Waals surface area contributed by atoms with Crippen LogP contribution in [-0.2, 0) is 0 Å². The Kier molecular flexibility index (Phi) is 7.83. The summed E-state index contributed by atoms with van der Waals surface area (Å²) in [5.41, 5.74) is 0. The first kappa shape index (κ1) is 12.9. The fourth-order valence-corrected chi connectivity index (χ4v) is 1.95. The second-order valence-electron chi connectivity index (χ2n) is 3.46. The van der Waals surface area contributed by atoms with Gasteiger partial charge >= 0.3 is 92.4 Å². The van der Waals surface area contributed by atoms with Crippen LogP contribution >= 0.6 is 0 Å². The summed E-state index contributed by atoms with van der Waals surface area (Å²) in [6.45, 7) is 5.91. The topological polar surface area (TPSA) is 43.7 Å². The standard InChI is InChI=1S/C8H18NO2.Na/c1-4-9(5-7(2)10)6-8(3)11;/h7-8,10-11H,1,4-6H2,2-3H3;. The Hall–Kier alpha value is 0.880. The summed E-state index contributed by atoms with van der Waals surface area (Å²) < 4.78 is 1.19. The third-order valence-electron chi connectivity index (χ3n) is 1.58. The Morgan fingerprint density at radius 2 is 1.58 bits per heavy atom. The first-order valence-electron chi connectivity index (χ1n) is 4.64. The fraction of sp³-hybridized carbons (Fsp3) is 1.00. The molecule has 68 valence electrons. The van der Waals surface area contributed by atoms with Crippen LogP contribution in [0.3, 0.4) is 0 Å². The van der Waals surface area contributed by atoms with Gasteiger partial charge < -0.3 is 0 Å². The number of aliphatic hydroxyl groups excluding tert-OH is 2. The average molecular weight is 183 g/mol.